The van der Waals surface area contributed by atoms with Gasteiger partial charge in [-0.2, -0.15) is 0 Å². The van der Waals surface area contributed by atoms with Gasteiger partial charge in [0.1, 0.15) is 5.82 Å². The van der Waals surface area contributed by atoms with E-state index in [1.807, 2.05) is 18.2 Å². The van der Waals surface area contributed by atoms with Gasteiger partial charge in [-0.15, -0.1) is 0 Å². The Morgan fingerprint density at radius 3 is 2.31 bits per heavy atom. The van der Waals surface area contributed by atoms with E-state index in [-0.39, 0.29) is 40.3 Å². The Hall–Kier alpha value is -2.05. The smallest absolute Gasteiger partial charge is 0.305 e. The number of carboxylic acids is 1. The highest BCUT2D eigenvalue weighted by atomic mass is 28.4. The van der Waals surface area contributed by atoms with E-state index in [1.165, 1.54) is 6.07 Å². The minimum Gasteiger partial charge on any atom is -0.481 e. The molecule has 0 aromatic heterocycles. The van der Waals surface area contributed by atoms with Crippen molar-refractivity contribution in [3.05, 3.63) is 52.9 Å². The fourth-order valence-corrected chi connectivity index (χ4v) is 6.52. The van der Waals surface area contributed by atoms with E-state index in [0.717, 1.165) is 29.6 Å². The van der Waals surface area contributed by atoms with Gasteiger partial charge in [0.2, 0.25) is 0 Å². The van der Waals surface area contributed by atoms with Crippen LogP contribution in [0.4, 0.5) is 4.39 Å². The third-order valence-electron chi connectivity index (χ3n) is 7.67. The number of benzene rings is 1. The summed E-state index contributed by atoms with van der Waals surface area (Å²) >= 11 is 0. The summed E-state index contributed by atoms with van der Waals surface area (Å²) in [5, 5.41) is 9.33. The van der Waals surface area contributed by atoms with Gasteiger partial charge >= 0.3 is 5.97 Å². The summed E-state index contributed by atoms with van der Waals surface area (Å²) < 4.78 is 20.3. The van der Waals surface area contributed by atoms with Crippen LogP contribution in [0.1, 0.15) is 85.3 Å². The van der Waals surface area contributed by atoms with Gasteiger partial charge in [-0.3, -0.25) is 9.59 Å². The normalized spacial score (nSPS) is 19.0. The Morgan fingerprint density at radius 1 is 1.17 bits per heavy atom. The predicted octanol–water partition coefficient (Wildman–Crippen LogP) is 8.11. The Kier molecular flexibility index (Phi) is 9.00. The number of hydrogen-bond acceptors (Lipinski definition) is 3. The van der Waals surface area contributed by atoms with Crippen LogP contribution in [0.15, 0.2) is 35.9 Å². The highest BCUT2D eigenvalue weighted by molar-refractivity contribution is 6.74. The number of carbonyl (C=O) groups excluding carboxylic acids is 1. The molecule has 1 aromatic carbocycles. The van der Waals surface area contributed by atoms with E-state index in [1.54, 1.807) is 13.0 Å². The lowest BCUT2D eigenvalue weighted by molar-refractivity contribution is -0.139. The van der Waals surface area contributed by atoms with Crippen LogP contribution in [-0.2, 0) is 14.0 Å². The highest BCUT2D eigenvalue weighted by Crippen LogP contribution is 2.52. The van der Waals surface area contributed by atoms with E-state index < -0.39 is 20.4 Å². The van der Waals surface area contributed by atoms with Crippen molar-refractivity contribution in [1.29, 1.82) is 0 Å². The van der Waals surface area contributed by atoms with Crippen molar-refractivity contribution < 1.29 is 23.5 Å². The summed E-state index contributed by atoms with van der Waals surface area (Å²) in [7, 11) is -2.24. The molecule has 6 heteroatoms. The molecule has 1 aliphatic carbocycles. The second-order valence-corrected chi connectivity index (χ2v) is 18.1. The van der Waals surface area contributed by atoms with Gasteiger partial charge in [0, 0.05) is 6.42 Å². The molecule has 0 unspecified atom stereocenters. The van der Waals surface area contributed by atoms with Crippen LogP contribution in [0.25, 0.3) is 5.57 Å². The fourth-order valence-electron chi connectivity index (χ4n) is 5.16. The number of halogens is 1. The van der Waals surface area contributed by atoms with Gasteiger partial charge in [0.15, 0.2) is 14.1 Å². The molecule has 0 amide bonds. The average molecular weight is 517 g/mol. The molecule has 0 aliphatic heterocycles. The Bertz CT molecular complexity index is 1060. The minimum atomic E-state index is -2.24. The Balaban J connectivity index is 2.41. The molecule has 0 heterocycles. The zero-order valence-electron chi connectivity index (χ0n) is 23.8. The van der Waals surface area contributed by atoms with Crippen LogP contribution in [0.5, 0.6) is 0 Å². The molecule has 2 rings (SSSR count). The van der Waals surface area contributed by atoms with E-state index in [0.29, 0.717) is 5.56 Å². The summed E-state index contributed by atoms with van der Waals surface area (Å²) in [5.74, 6) is -1.35. The van der Waals surface area contributed by atoms with Gasteiger partial charge < -0.3 is 9.53 Å². The SMILES string of the molecule is Cc1cc(C2=C(/C=C/C(=O)C[C@H](CC(=O)O)O[Si](C)(C)C(C)(C)C)C(C)(C)CC(C)(C)C2)ccc1F. The molecule has 0 radical (unpaired) electrons. The third kappa shape index (κ3) is 7.72. The van der Waals surface area contributed by atoms with Crippen LogP contribution >= 0.6 is 0 Å². The van der Waals surface area contributed by atoms with Crippen LogP contribution in [0.2, 0.25) is 18.1 Å². The number of allylic oxidation sites excluding steroid dienone is 4. The maximum atomic E-state index is 14.0. The standard InChI is InChI=1S/C30H45FO4Si/c1-20-15-21(11-14-26(20)31)24-18-29(5,6)19-30(7,8)25(24)13-12-22(32)16-23(17-27(33)34)35-36(9,10)28(2,3)4/h11-15,23H,16-19H2,1-10H3,(H,33,34)/b13-12+/t23-/m1/s1. The van der Waals surface area contributed by atoms with Crippen LogP contribution in [-0.4, -0.2) is 31.3 Å². The fraction of sp³-hybridized carbons (Fsp3) is 0.600. The highest BCUT2D eigenvalue weighted by Gasteiger charge is 2.40. The van der Waals surface area contributed by atoms with Gasteiger partial charge in [0.25, 0.3) is 0 Å². The van der Waals surface area contributed by atoms with Crippen LogP contribution < -0.4 is 0 Å². The van der Waals surface area contributed by atoms with Crippen molar-refractivity contribution in [3.63, 3.8) is 0 Å². The number of rotatable bonds is 9. The predicted molar refractivity (Wildman–Crippen MR) is 148 cm³/mol. The average Bonchev–Trinajstić information content (AvgIpc) is 2.65. The molecule has 1 N–H and O–H groups in total. The summed E-state index contributed by atoms with van der Waals surface area (Å²) in [6, 6.07) is 5.21. The first-order chi connectivity index (χ1) is 16.2. The number of aliphatic carboxylic acids is 1. The lowest BCUT2D eigenvalue weighted by atomic mass is 9.61. The molecular formula is C30H45FO4Si. The van der Waals surface area contributed by atoms with E-state index in [2.05, 4.69) is 61.6 Å². The molecule has 200 valence electrons. The first kappa shape index (κ1) is 30.2. The van der Waals surface area contributed by atoms with E-state index in [9.17, 15) is 19.1 Å². The Labute approximate surface area is 218 Å². The molecule has 0 bridgehead atoms. The van der Waals surface area contributed by atoms with Crippen molar-refractivity contribution in [3.8, 4) is 0 Å². The first-order valence-electron chi connectivity index (χ1n) is 12.8. The van der Waals surface area contributed by atoms with E-state index >= 15 is 0 Å². The van der Waals surface area contributed by atoms with Gasteiger partial charge in [0.05, 0.1) is 12.5 Å². The molecule has 1 aliphatic rings. The van der Waals surface area contributed by atoms with Crippen LogP contribution in [0.3, 0.4) is 0 Å². The lowest BCUT2D eigenvalue weighted by Crippen LogP contribution is -2.44. The number of ketones is 1. The third-order valence-corrected chi connectivity index (χ3v) is 12.2. The van der Waals surface area contributed by atoms with Crippen molar-refractivity contribution in [2.75, 3.05) is 0 Å². The number of carbonyl (C=O) groups is 2. The minimum absolute atomic E-state index is 0.0273. The first-order valence-corrected chi connectivity index (χ1v) is 15.8. The second kappa shape index (κ2) is 10.7. The maximum Gasteiger partial charge on any atom is 0.305 e. The molecule has 36 heavy (non-hydrogen) atoms. The molecule has 1 aromatic rings. The molecule has 0 fully saturated rings. The summed E-state index contributed by atoms with van der Waals surface area (Å²) in [5.41, 5.74) is 3.65. The summed E-state index contributed by atoms with van der Waals surface area (Å²) in [4.78, 5) is 24.6. The van der Waals surface area contributed by atoms with Gasteiger partial charge in [-0.25, -0.2) is 4.39 Å². The number of hydrogen-bond donors (Lipinski definition) is 1. The maximum absolute atomic E-state index is 14.0. The van der Waals surface area contributed by atoms with Gasteiger partial charge in [-0.1, -0.05) is 60.6 Å². The van der Waals surface area contributed by atoms with E-state index in [4.69, 9.17) is 4.43 Å². The molecule has 0 saturated heterocycles. The Morgan fingerprint density at radius 2 is 1.78 bits per heavy atom. The quantitative estimate of drug-likeness (QED) is 0.266. The number of carboxylic acid groups (broad SMARTS) is 1. The summed E-state index contributed by atoms with van der Waals surface area (Å²) in [6.45, 7) is 21.0. The molecule has 4 nitrogen and oxygen atoms in total. The van der Waals surface area contributed by atoms with Crippen molar-refractivity contribution in [1.82, 2.24) is 0 Å². The van der Waals surface area contributed by atoms with Crippen molar-refractivity contribution >= 4 is 25.6 Å². The molecule has 0 spiro atoms. The topological polar surface area (TPSA) is 63.6 Å². The largest absolute Gasteiger partial charge is 0.481 e. The monoisotopic (exact) mass is 516 g/mol. The number of aryl methyl sites for hydroxylation is 1. The lowest BCUT2D eigenvalue weighted by Gasteiger charge is -2.43. The van der Waals surface area contributed by atoms with Crippen LogP contribution in [0, 0.1) is 23.6 Å². The zero-order valence-corrected chi connectivity index (χ0v) is 24.8. The van der Waals surface area contributed by atoms with Crippen molar-refractivity contribution in [2.24, 2.45) is 10.8 Å². The molecular weight excluding hydrogens is 471 g/mol. The molecule has 0 saturated carbocycles. The second-order valence-electron chi connectivity index (χ2n) is 13.4. The van der Waals surface area contributed by atoms with Crippen molar-refractivity contribution in [2.45, 2.75) is 105 Å². The van der Waals surface area contributed by atoms with Gasteiger partial charge in [-0.05, 0) is 89.2 Å². The molecule has 1 atom stereocenters. The zero-order chi connectivity index (χ0) is 27.7. The summed E-state index contributed by atoms with van der Waals surface area (Å²) in [6.07, 6.45) is 4.42.